The van der Waals surface area contributed by atoms with E-state index < -0.39 is 0 Å². The zero-order valence-corrected chi connectivity index (χ0v) is 11.5. The molecule has 17 heavy (non-hydrogen) atoms. The second kappa shape index (κ2) is 5.56. The molecule has 0 aliphatic rings. The fourth-order valence-electron chi connectivity index (χ4n) is 1.82. The van der Waals surface area contributed by atoms with Crippen LogP contribution < -0.4 is 0 Å². The van der Waals surface area contributed by atoms with E-state index in [9.17, 15) is 0 Å². The molecule has 2 aromatic rings. The van der Waals surface area contributed by atoms with Crippen LogP contribution in [0.5, 0.6) is 0 Å². The molecule has 0 atom stereocenters. The molecule has 0 bridgehead atoms. The van der Waals surface area contributed by atoms with Crippen molar-refractivity contribution in [2.45, 2.75) is 13.5 Å². The molecular weight excluding hydrogens is 248 g/mol. The molecule has 0 fully saturated rings. The SMILES string of the molecule is C=CCSCCn1c(=S)[nH]c2cc(C)ccc21. The van der Waals surface area contributed by atoms with Crippen LogP contribution in [0.25, 0.3) is 11.0 Å². The minimum atomic E-state index is 0.810. The van der Waals surface area contributed by atoms with Crippen LogP contribution in [0.2, 0.25) is 0 Å². The van der Waals surface area contributed by atoms with E-state index in [1.165, 1.54) is 11.1 Å². The minimum Gasteiger partial charge on any atom is -0.331 e. The van der Waals surface area contributed by atoms with Gasteiger partial charge in [0.15, 0.2) is 4.77 Å². The third kappa shape index (κ3) is 2.82. The zero-order chi connectivity index (χ0) is 12.3. The van der Waals surface area contributed by atoms with Crippen molar-refractivity contribution in [2.75, 3.05) is 11.5 Å². The molecule has 2 nitrogen and oxygen atoms in total. The number of benzene rings is 1. The van der Waals surface area contributed by atoms with Gasteiger partial charge in [-0.1, -0.05) is 12.1 Å². The van der Waals surface area contributed by atoms with Crippen LogP contribution in [0.1, 0.15) is 5.56 Å². The number of aryl methyl sites for hydroxylation is 2. The lowest BCUT2D eigenvalue weighted by molar-refractivity contribution is 0.783. The van der Waals surface area contributed by atoms with Crippen LogP contribution in [-0.2, 0) is 6.54 Å². The summed E-state index contributed by atoms with van der Waals surface area (Å²) in [6.45, 7) is 6.75. The number of aromatic amines is 1. The van der Waals surface area contributed by atoms with Gasteiger partial charge >= 0.3 is 0 Å². The van der Waals surface area contributed by atoms with Crippen molar-refractivity contribution in [1.29, 1.82) is 0 Å². The highest BCUT2D eigenvalue weighted by Gasteiger charge is 2.03. The lowest BCUT2D eigenvalue weighted by atomic mass is 10.2. The van der Waals surface area contributed by atoms with E-state index in [0.29, 0.717) is 0 Å². The maximum atomic E-state index is 5.35. The van der Waals surface area contributed by atoms with Crippen LogP contribution >= 0.6 is 24.0 Å². The van der Waals surface area contributed by atoms with E-state index in [4.69, 9.17) is 12.2 Å². The topological polar surface area (TPSA) is 20.7 Å². The lowest BCUT2D eigenvalue weighted by Crippen LogP contribution is -2.00. The Morgan fingerprint density at radius 3 is 3.12 bits per heavy atom. The first-order valence-electron chi connectivity index (χ1n) is 5.60. The number of hydrogen-bond donors (Lipinski definition) is 1. The summed E-state index contributed by atoms with van der Waals surface area (Å²) >= 11 is 7.22. The van der Waals surface area contributed by atoms with E-state index in [2.05, 4.69) is 41.3 Å². The maximum absolute atomic E-state index is 5.35. The molecule has 0 radical (unpaired) electrons. The number of rotatable bonds is 5. The molecular formula is C13H16N2S2. The second-order valence-electron chi connectivity index (χ2n) is 3.97. The standard InChI is InChI=1S/C13H16N2S2/c1-3-7-17-8-6-15-12-5-4-10(2)9-11(12)14-13(15)16/h3-5,9H,1,6-8H2,2H3,(H,14,16). The Kier molecular flexibility index (Phi) is 4.07. The van der Waals surface area contributed by atoms with Crippen LogP contribution in [0, 0.1) is 11.7 Å². The number of imidazole rings is 1. The quantitative estimate of drug-likeness (QED) is 0.502. The highest BCUT2D eigenvalue weighted by Crippen LogP contribution is 2.16. The number of fused-ring (bicyclic) bond motifs is 1. The molecule has 0 saturated carbocycles. The molecule has 4 heteroatoms. The summed E-state index contributed by atoms with van der Waals surface area (Å²) in [4.78, 5) is 3.26. The summed E-state index contributed by atoms with van der Waals surface area (Å²) in [5, 5.41) is 0. The van der Waals surface area contributed by atoms with Crippen LogP contribution in [-0.4, -0.2) is 21.1 Å². The van der Waals surface area contributed by atoms with E-state index in [0.717, 1.165) is 28.3 Å². The van der Waals surface area contributed by atoms with E-state index in [-0.39, 0.29) is 0 Å². The normalized spacial score (nSPS) is 10.9. The Hall–Kier alpha value is -1.00. The molecule has 0 spiro atoms. The summed E-state index contributed by atoms with van der Waals surface area (Å²) < 4.78 is 2.98. The van der Waals surface area contributed by atoms with Crippen molar-refractivity contribution < 1.29 is 0 Å². The summed E-state index contributed by atoms with van der Waals surface area (Å²) in [5.74, 6) is 2.05. The Bertz CT molecular complexity index is 581. The largest absolute Gasteiger partial charge is 0.331 e. The number of hydrogen-bond acceptors (Lipinski definition) is 2. The summed E-state index contributed by atoms with van der Waals surface area (Å²) in [7, 11) is 0. The Morgan fingerprint density at radius 1 is 1.53 bits per heavy atom. The third-order valence-corrected chi connectivity index (χ3v) is 3.89. The molecule has 2 rings (SSSR count). The maximum Gasteiger partial charge on any atom is 0.178 e. The number of H-pyrrole nitrogens is 1. The fourth-order valence-corrected chi connectivity index (χ4v) is 2.77. The predicted octanol–water partition coefficient (Wildman–Crippen LogP) is 3.93. The molecule has 90 valence electrons. The van der Waals surface area contributed by atoms with Crippen LogP contribution in [0.15, 0.2) is 30.9 Å². The van der Waals surface area contributed by atoms with Gasteiger partial charge in [-0.2, -0.15) is 11.8 Å². The van der Waals surface area contributed by atoms with E-state index >= 15 is 0 Å². The van der Waals surface area contributed by atoms with Crippen molar-refractivity contribution in [3.63, 3.8) is 0 Å². The molecule has 1 aromatic heterocycles. The molecule has 0 aliphatic heterocycles. The zero-order valence-electron chi connectivity index (χ0n) is 9.90. The molecule has 1 heterocycles. The Balaban J connectivity index is 2.24. The Morgan fingerprint density at radius 2 is 2.35 bits per heavy atom. The lowest BCUT2D eigenvalue weighted by Gasteiger charge is -2.03. The Labute approximate surface area is 111 Å². The molecule has 1 N–H and O–H groups in total. The van der Waals surface area contributed by atoms with Gasteiger partial charge in [-0.15, -0.1) is 6.58 Å². The minimum absolute atomic E-state index is 0.810. The second-order valence-corrected chi connectivity index (χ2v) is 5.50. The molecule has 1 aromatic carbocycles. The average molecular weight is 264 g/mol. The van der Waals surface area contributed by atoms with Gasteiger partial charge in [0, 0.05) is 18.1 Å². The van der Waals surface area contributed by atoms with E-state index in [1.54, 1.807) is 0 Å². The average Bonchev–Trinajstić information content (AvgIpc) is 2.60. The van der Waals surface area contributed by atoms with E-state index in [1.807, 2.05) is 17.8 Å². The van der Waals surface area contributed by atoms with Crippen molar-refractivity contribution in [3.8, 4) is 0 Å². The molecule has 0 saturated heterocycles. The van der Waals surface area contributed by atoms with Gasteiger partial charge in [0.1, 0.15) is 0 Å². The van der Waals surface area contributed by atoms with Gasteiger partial charge in [-0.3, -0.25) is 0 Å². The van der Waals surface area contributed by atoms with Crippen molar-refractivity contribution in [1.82, 2.24) is 9.55 Å². The fraction of sp³-hybridized carbons (Fsp3) is 0.308. The first kappa shape index (κ1) is 12.5. The number of nitrogens with zero attached hydrogens (tertiary/aromatic N) is 1. The van der Waals surface area contributed by atoms with Gasteiger partial charge < -0.3 is 9.55 Å². The van der Waals surface area contributed by atoms with Crippen molar-refractivity contribution in [3.05, 3.63) is 41.2 Å². The highest BCUT2D eigenvalue weighted by molar-refractivity contribution is 7.99. The number of thioether (sulfide) groups is 1. The van der Waals surface area contributed by atoms with Crippen LogP contribution in [0.4, 0.5) is 0 Å². The van der Waals surface area contributed by atoms with Crippen LogP contribution in [0.3, 0.4) is 0 Å². The van der Waals surface area contributed by atoms with Gasteiger partial charge in [-0.05, 0) is 36.8 Å². The van der Waals surface area contributed by atoms with Crippen molar-refractivity contribution in [2.24, 2.45) is 0 Å². The predicted molar refractivity (Wildman–Crippen MR) is 79.4 cm³/mol. The number of aromatic nitrogens is 2. The smallest absolute Gasteiger partial charge is 0.178 e. The molecule has 0 unspecified atom stereocenters. The molecule has 0 amide bonds. The summed E-state index contributed by atoms with van der Waals surface area (Å²) in [6.07, 6.45) is 1.93. The summed E-state index contributed by atoms with van der Waals surface area (Å²) in [6, 6.07) is 6.39. The van der Waals surface area contributed by atoms with Crippen molar-refractivity contribution >= 4 is 35.0 Å². The first-order chi connectivity index (χ1) is 8.22. The van der Waals surface area contributed by atoms with Gasteiger partial charge in [0.05, 0.1) is 11.0 Å². The van der Waals surface area contributed by atoms with Gasteiger partial charge in [-0.25, -0.2) is 0 Å². The van der Waals surface area contributed by atoms with Gasteiger partial charge in [0.25, 0.3) is 0 Å². The first-order valence-corrected chi connectivity index (χ1v) is 7.16. The number of nitrogens with one attached hydrogen (secondary N) is 1. The third-order valence-electron chi connectivity index (χ3n) is 2.62. The summed E-state index contributed by atoms with van der Waals surface area (Å²) in [5.41, 5.74) is 3.57. The molecule has 0 aliphatic carbocycles. The monoisotopic (exact) mass is 264 g/mol. The van der Waals surface area contributed by atoms with Gasteiger partial charge in [0.2, 0.25) is 0 Å². The highest BCUT2D eigenvalue weighted by atomic mass is 32.2.